The summed E-state index contributed by atoms with van der Waals surface area (Å²) in [4.78, 5) is 27.5. The van der Waals surface area contributed by atoms with Crippen LogP contribution in [0.3, 0.4) is 0 Å². The van der Waals surface area contributed by atoms with E-state index >= 15 is 0 Å². The number of amides is 1. The number of benzene rings is 2. The normalized spacial score (nSPS) is 12.3. The molecule has 128 valence electrons. The van der Waals surface area contributed by atoms with Crippen LogP contribution in [0.5, 0.6) is 0 Å². The zero-order valence-electron chi connectivity index (χ0n) is 13.8. The van der Waals surface area contributed by atoms with Gasteiger partial charge in [-0.05, 0) is 23.6 Å². The molecule has 3 rings (SSSR count). The lowest BCUT2D eigenvalue weighted by Gasteiger charge is -2.19. The molecule has 0 spiro atoms. The van der Waals surface area contributed by atoms with Gasteiger partial charge >= 0.3 is 0 Å². The zero-order chi connectivity index (χ0) is 18.0. The highest BCUT2D eigenvalue weighted by molar-refractivity contribution is 7.22. The number of fused-ring (bicyclic) bond motifs is 1. The van der Waals surface area contributed by atoms with Crippen LogP contribution in [-0.2, 0) is 4.79 Å². The summed E-state index contributed by atoms with van der Waals surface area (Å²) in [6, 6.07) is 13.8. The van der Waals surface area contributed by atoms with E-state index in [0.29, 0.717) is 5.13 Å². The molecule has 1 N–H and O–H groups in total. The molecule has 0 saturated carbocycles. The summed E-state index contributed by atoms with van der Waals surface area (Å²) in [5.74, 6) is -0.536. The molecule has 3 aromatic rings. The summed E-state index contributed by atoms with van der Waals surface area (Å²) in [5, 5.41) is 14.2. The maximum absolute atomic E-state index is 12.8. The van der Waals surface area contributed by atoms with Gasteiger partial charge in [-0.25, -0.2) is 4.98 Å². The highest BCUT2D eigenvalue weighted by Gasteiger charge is 2.25. The summed E-state index contributed by atoms with van der Waals surface area (Å²) in [7, 11) is 0. The lowest BCUT2D eigenvalue weighted by molar-refractivity contribution is -0.384. The van der Waals surface area contributed by atoms with Crippen LogP contribution in [0, 0.1) is 16.0 Å². The highest BCUT2D eigenvalue weighted by atomic mass is 32.1. The number of rotatable bonds is 5. The van der Waals surface area contributed by atoms with Gasteiger partial charge in [-0.1, -0.05) is 49.4 Å². The summed E-state index contributed by atoms with van der Waals surface area (Å²) in [5.41, 5.74) is 1.61. The Morgan fingerprint density at radius 1 is 1.16 bits per heavy atom. The van der Waals surface area contributed by atoms with Crippen molar-refractivity contribution < 1.29 is 9.72 Å². The van der Waals surface area contributed by atoms with Gasteiger partial charge in [-0.2, -0.15) is 0 Å². The van der Waals surface area contributed by atoms with Crippen molar-refractivity contribution in [3.8, 4) is 0 Å². The van der Waals surface area contributed by atoms with E-state index in [0.717, 1.165) is 15.8 Å². The Labute approximate surface area is 148 Å². The van der Waals surface area contributed by atoms with Crippen LogP contribution in [0.1, 0.15) is 25.3 Å². The quantitative estimate of drug-likeness (QED) is 0.536. The topological polar surface area (TPSA) is 85.1 Å². The van der Waals surface area contributed by atoms with Gasteiger partial charge in [-0.3, -0.25) is 14.9 Å². The number of para-hydroxylation sites is 1. The summed E-state index contributed by atoms with van der Waals surface area (Å²) >= 11 is 1.42. The number of nitro benzene ring substituents is 1. The van der Waals surface area contributed by atoms with Crippen molar-refractivity contribution in [2.45, 2.75) is 19.8 Å². The Hall–Kier alpha value is -2.80. The van der Waals surface area contributed by atoms with Crippen LogP contribution in [-0.4, -0.2) is 15.8 Å². The van der Waals surface area contributed by atoms with Crippen LogP contribution in [0.15, 0.2) is 48.5 Å². The third kappa shape index (κ3) is 3.66. The molecule has 1 atom stereocenters. The maximum Gasteiger partial charge on any atom is 0.269 e. The molecule has 0 aliphatic heterocycles. The van der Waals surface area contributed by atoms with Gasteiger partial charge in [0.05, 0.1) is 21.1 Å². The van der Waals surface area contributed by atoms with E-state index < -0.39 is 10.8 Å². The van der Waals surface area contributed by atoms with Crippen molar-refractivity contribution in [1.82, 2.24) is 4.98 Å². The predicted octanol–water partition coefficient (Wildman–Crippen LogP) is 4.58. The molecule has 1 aromatic heterocycles. The number of hydrogen-bond acceptors (Lipinski definition) is 5. The standard InChI is InChI=1S/C18H17N3O3S/c1-11(2)16(12-7-9-13(10-8-12)21(23)24)17(22)20-18-19-14-5-3-4-6-15(14)25-18/h3-11,16H,1-2H3,(H,19,20,22). The first-order chi connectivity index (χ1) is 12.0. The molecule has 2 aromatic carbocycles. The number of carbonyl (C=O) groups excluding carboxylic acids is 1. The molecule has 0 aliphatic carbocycles. The SMILES string of the molecule is CC(C)C(C(=O)Nc1nc2ccccc2s1)c1ccc([N+](=O)[O-])cc1. The first kappa shape index (κ1) is 17.0. The van der Waals surface area contributed by atoms with Crippen LogP contribution < -0.4 is 5.32 Å². The van der Waals surface area contributed by atoms with Crippen LogP contribution in [0.2, 0.25) is 0 Å². The maximum atomic E-state index is 12.8. The second-order valence-electron chi connectivity index (χ2n) is 6.05. The highest BCUT2D eigenvalue weighted by Crippen LogP contribution is 2.30. The summed E-state index contributed by atoms with van der Waals surface area (Å²) in [6.07, 6.45) is 0. The van der Waals surface area contributed by atoms with Gasteiger partial charge < -0.3 is 5.32 Å². The number of nitrogens with zero attached hydrogens (tertiary/aromatic N) is 2. The number of non-ortho nitro benzene ring substituents is 1. The van der Waals surface area contributed by atoms with Gasteiger partial charge in [0, 0.05) is 12.1 Å². The zero-order valence-corrected chi connectivity index (χ0v) is 14.6. The van der Waals surface area contributed by atoms with E-state index in [2.05, 4.69) is 10.3 Å². The monoisotopic (exact) mass is 355 g/mol. The smallest absolute Gasteiger partial charge is 0.269 e. The molecule has 0 saturated heterocycles. The Morgan fingerprint density at radius 3 is 2.44 bits per heavy atom. The van der Waals surface area contributed by atoms with Crippen molar-refractivity contribution in [1.29, 1.82) is 0 Å². The van der Waals surface area contributed by atoms with Gasteiger partial charge in [0.25, 0.3) is 5.69 Å². The van der Waals surface area contributed by atoms with E-state index in [-0.39, 0.29) is 17.5 Å². The number of hydrogen-bond donors (Lipinski definition) is 1. The first-order valence-corrected chi connectivity index (χ1v) is 8.68. The fourth-order valence-corrected chi connectivity index (χ4v) is 3.62. The van der Waals surface area contributed by atoms with Crippen molar-refractivity contribution in [2.75, 3.05) is 5.32 Å². The number of thiazole rings is 1. The minimum absolute atomic E-state index is 0.0119. The Balaban J connectivity index is 1.84. The molecule has 1 unspecified atom stereocenters. The van der Waals surface area contributed by atoms with E-state index in [4.69, 9.17) is 0 Å². The number of nitrogens with one attached hydrogen (secondary N) is 1. The number of anilines is 1. The molecule has 0 aliphatic rings. The lowest BCUT2D eigenvalue weighted by atomic mass is 9.87. The largest absolute Gasteiger partial charge is 0.301 e. The van der Waals surface area contributed by atoms with Gasteiger partial charge in [0.2, 0.25) is 5.91 Å². The van der Waals surface area contributed by atoms with Crippen LogP contribution >= 0.6 is 11.3 Å². The molecule has 25 heavy (non-hydrogen) atoms. The molecule has 1 heterocycles. The minimum atomic E-state index is -0.449. The molecular weight excluding hydrogens is 338 g/mol. The summed E-state index contributed by atoms with van der Waals surface area (Å²) < 4.78 is 1.01. The van der Waals surface area contributed by atoms with E-state index in [1.807, 2.05) is 38.1 Å². The van der Waals surface area contributed by atoms with E-state index in [9.17, 15) is 14.9 Å². The predicted molar refractivity (Wildman–Crippen MR) is 98.9 cm³/mol. The third-order valence-electron chi connectivity index (χ3n) is 3.94. The fourth-order valence-electron chi connectivity index (χ4n) is 2.75. The van der Waals surface area contributed by atoms with Gasteiger partial charge in [0.15, 0.2) is 5.13 Å². The second-order valence-corrected chi connectivity index (χ2v) is 7.08. The van der Waals surface area contributed by atoms with Crippen molar-refractivity contribution in [3.05, 3.63) is 64.2 Å². The lowest BCUT2D eigenvalue weighted by Crippen LogP contribution is -2.25. The molecular formula is C18H17N3O3S. The third-order valence-corrected chi connectivity index (χ3v) is 4.89. The van der Waals surface area contributed by atoms with Gasteiger partial charge in [0.1, 0.15) is 0 Å². The average molecular weight is 355 g/mol. The van der Waals surface area contributed by atoms with Crippen LogP contribution in [0.4, 0.5) is 10.8 Å². The van der Waals surface area contributed by atoms with Crippen molar-refractivity contribution in [2.24, 2.45) is 5.92 Å². The first-order valence-electron chi connectivity index (χ1n) is 7.86. The Morgan fingerprint density at radius 2 is 1.84 bits per heavy atom. The van der Waals surface area contributed by atoms with Crippen molar-refractivity contribution in [3.63, 3.8) is 0 Å². The fraction of sp³-hybridized carbons (Fsp3) is 0.222. The number of carbonyl (C=O) groups is 1. The molecule has 0 bridgehead atoms. The molecule has 0 radical (unpaired) electrons. The minimum Gasteiger partial charge on any atom is -0.301 e. The molecule has 1 amide bonds. The molecule has 7 heteroatoms. The Bertz CT molecular complexity index is 886. The number of aromatic nitrogens is 1. The van der Waals surface area contributed by atoms with Crippen molar-refractivity contribution >= 4 is 38.3 Å². The second kappa shape index (κ2) is 6.98. The van der Waals surface area contributed by atoms with Crippen LogP contribution in [0.25, 0.3) is 10.2 Å². The number of nitro groups is 1. The molecule has 0 fully saturated rings. The van der Waals surface area contributed by atoms with Gasteiger partial charge in [-0.15, -0.1) is 0 Å². The van der Waals surface area contributed by atoms with E-state index in [1.165, 1.54) is 23.5 Å². The Kier molecular flexibility index (Phi) is 4.76. The van der Waals surface area contributed by atoms with E-state index in [1.54, 1.807) is 12.1 Å². The average Bonchev–Trinajstić information content (AvgIpc) is 2.97. The molecule has 6 nitrogen and oxygen atoms in total. The summed E-state index contributed by atoms with van der Waals surface area (Å²) in [6.45, 7) is 3.90.